The lowest BCUT2D eigenvalue weighted by molar-refractivity contribution is -0.114. The van der Waals surface area contributed by atoms with E-state index in [0.717, 1.165) is 0 Å². The molecular weight excluding hydrogens is 412 g/mol. The van der Waals surface area contributed by atoms with Gasteiger partial charge in [-0.2, -0.15) is 0 Å². The highest BCUT2D eigenvalue weighted by Gasteiger charge is 2.14. The molecule has 0 aliphatic carbocycles. The lowest BCUT2D eigenvalue weighted by Gasteiger charge is -2.12. The van der Waals surface area contributed by atoms with Crippen molar-refractivity contribution in [2.45, 2.75) is 18.6 Å². The van der Waals surface area contributed by atoms with Crippen LogP contribution < -0.4 is 16.2 Å². The Bertz CT molecular complexity index is 1090. The first kappa shape index (κ1) is 21.0. The van der Waals surface area contributed by atoms with Gasteiger partial charge in [0.2, 0.25) is 11.8 Å². The maximum Gasteiger partial charge on any atom is 0.272 e. The molecule has 0 unspecified atom stereocenters. The predicted molar refractivity (Wildman–Crippen MR) is 116 cm³/mol. The molecule has 152 valence electrons. The van der Waals surface area contributed by atoms with E-state index in [1.807, 2.05) is 5.38 Å². The minimum absolute atomic E-state index is 0.0828. The van der Waals surface area contributed by atoms with E-state index in [2.05, 4.69) is 15.6 Å². The van der Waals surface area contributed by atoms with E-state index in [1.54, 1.807) is 37.4 Å². The first-order valence-corrected chi connectivity index (χ1v) is 10.6. The Labute approximate surface area is 175 Å². The molecule has 3 rings (SSSR count). The molecule has 0 saturated carbocycles. The standard InChI is InChI=1S/C19H20N4O4S2/c1-12(24)20-13-4-3-5-14(10-13)21-16(25)11-29-19-22-15-6-9-28-17(15)18(26)23(19)7-8-27-2/h3-6,9-10H,7-8,11H2,1-2H3,(H,20,24)(H,21,25). The molecule has 29 heavy (non-hydrogen) atoms. The number of thioether (sulfide) groups is 1. The van der Waals surface area contributed by atoms with Gasteiger partial charge in [0.25, 0.3) is 5.56 Å². The number of fused-ring (bicyclic) bond motifs is 1. The average Bonchev–Trinajstić information content (AvgIpc) is 3.14. The van der Waals surface area contributed by atoms with Crippen molar-refractivity contribution in [3.63, 3.8) is 0 Å². The van der Waals surface area contributed by atoms with Gasteiger partial charge in [0, 0.05) is 25.4 Å². The molecule has 0 atom stereocenters. The molecule has 0 saturated heterocycles. The summed E-state index contributed by atoms with van der Waals surface area (Å²) in [5, 5.41) is 7.75. The number of nitrogens with one attached hydrogen (secondary N) is 2. The summed E-state index contributed by atoms with van der Waals surface area (Å²) in [7, 11) is 1.57. The van der Waals surface area contributed by atoms with Crippen LogP contribution in [0.5, 0.6) is 0 Å². The molecule has 3 aromatic rings. The van der Waals surface area contributed by atoms with E-state index in [1.165, 1.54) is 34.6 Å². The lowest BCUT2D eigenvalue weighted by Crippen LogP contribution is -2.25. The van der Waals surface area contributed by atoms with E-state index in [4.69, 9.17) is 4.74 Å². The number of hydrogen-bond acceptors (Lipinski definition) is 7. The van der Waals surface area contributed by atoms with Crippen LogP contribution in [0.25, 0.3) is 10.2 Å². The molecule has 10 heteroatoms. The van der Waals surface area contributed by atoms with Gasteiger partial charge >= 0.3 is 0 Å². The summed E-state index contributed by atoms with van der Waals surface area (Å²) in [4.78, 5) is 40.8. The van der Waals surface area contributed by atoms with Gasteiger partial charge in [0.05, 0.1) is 24.4 Å². The van der Waals surface area contributed by atoms with Crippen LogP contribution in [0.2, 0.25) is 0 Å². The molecule has 0 bridgehead atoms. The topological polar surface area (TPSA) is 102 Å². The van der Waals surface area contributed by atoms with Gasteiger partial charge in [0.15, 0.2) is 5.16 Å². The number of benzene rings is 1. The number of carbonyl (C=O) groups excluding carboxylic acids is 2. The number of amides is 2. The molecular formula is C19H20N4O4S2. The summed E-state index contributed by atoms with van der Waals surface area (Å²) >= 11 is 2.54. The SMILES string of the molecule is COCCn1c(SCC(=O)Nc2cccc(NC(C)=O)c2)nc2ccsc2c1=O. The molecule has 2 N–H and O–H groups in total. The van der Waals surface area contributed by atoms with Gasteiger partial charge in [-0.15, -0.1) is 11.3 Å². The quantitative estimate of drug-likeness (QED) is 0.419. The van der Waals surface area contributed by atoms with E-state index in [0.29, 0.717) is 39.9 Å². The molecule has 2 amide bonds. The zero-order chi connectivity index (χ0) is 20.8. The van der Waals surface area contributed by atoms with Gasteiger partial charge in [-0.1, -0.05) is 17.8 Å². The van der Waals surface area contributed by atoms with Crippen LogP contribution in [0.1, 0.15) is 6.92 Å². The van der Waals surface area contributed by atoms with Gasteiger partial charge in [-0.05, 0) is 29.6 Å². The van der Waals surface area contributed by atoms with Crippen LogP contribution in [0.3, 0.4) is 0 Å². The number of aromatic nitrogens is 2. The second kappa shape index (κ2) is 9.68. The molecule has 0 fully saturated rings. The van der Waals surface area contributed by atoms with Crippen molar-refractivity contribution in [2.24, 2.45) is 0 Å². The molecule has 0 aliphatic heterocycles. The van der Waals surface area contributed by atoms with Crippen LogP contribution in [0, 0.1) is 0 Å². The Morgan fingerprint density at radius 3 is 2.72 bits per heavy atom. The molecule has 1 aromatic carbocycles. The molecule has 0 spiro atoms. The Morgan fingerprint density at radius 1 is 1.24 bits per heavy atom. The second-order valence-electron chi connectivity index (χ2n) is 6.08. The fraction of sp³-hybridized carbons (Fsp3) is 0.263. The summed E-state index contributed by atoms with van der Waals surface area (Å²) in [6.45, 7) is 2.15. The summed E-state index contributed by atoms with van der Waals surface area (Å²) in [5.41, 5.74) is 1.66. The number of methoxy groups -OCH3 is 1. The fourth-order valence-corrected chi connectivity index (χ4v) is 4.22. The average molecular weight is 433 g/mol. The number of anilines is 2. The molecule has 2 heterocycles. The highest BCUT2D eigenvalue weighted by atomic mass is 32.2. The van der Waals surface area contributed by atoms with Crippen molar-refractivity contribution < 1.29 is 14.3 Å². The first-order chi connectivity index (χ1) is 14.0. The minimum Gasteiger partial charge on any atom is -0.383 e. The van der Waals surface area contributed by atoms with E-state index in [9.17, 15) is 14.4 Å². The van der Waals surface area contributed by atoms with Crippen molar-refractivity contribution in [2.75, 3.05) is 30.1 Å². The summed E-state index contributed by atoms with van der Waals surface area (Å²) in [5.74, 6) is -0.347. The first-order valence-electron chi connectivity index (χ1n) is 8.75. The van der Waals surface area contributed by atoms with Crippen molar-refractivity contribution in [3.8, 4) is 0 Å². The highest BCUT2D eigenvalue weighted by molar-refractivity contribution is 7.99. The van der Waals surface area contributed by atoms with Crippen molar-refractivity contribution in [1.29, 1.82) is 0 Å². The van der Waals surface area contributed by atoms with Crippen LogP contribution in [-0.2, 0) is 20.9 Å². The maximum absolute atomic E-state index is 12.7. The number of thiophene rings is 1. The van der Waals surface area contributed by atoms with E-state index in [-0.39, 0.29) is 23.1 Å². The molecule has 0 aliphatic rings. The minimum atomic E-state index is -0.243. The van der Waals surface area contributed by atoms with Crippen LogP contribution in [0.15, 0.2) is 45.7 Å². The van der Waals surface area contributed by atoms with Crippen LogP contribution >= 0.6 is 23.1 Å². The number of nitrogens with zero attached hydrogens (tertiary/aromatic N) is 2. The van der Waals surface area contributed by atoms with Gasteiger partial charge in [-0.25, -0.2) is 4.98 Å². The van der Waals surface area contributed by atoms with Gasteiger partial charge in [0.1, 0.15) is 4.70 Å². The van der Waals surface area contributed by atoms with Crippen molar-refractivity contribution in [1.82, 2.24) is 9.55 Å². The van der Waals surface area contributed by atoms with E-state index < -0.39 is 0 Å². The maximum atomic E-state index is 12.7. The van der Waals surface area contributed by atoms with Crippen molar-refractivity contribution in [3.05, 3.63) is 46.1 Å². The van der Waals surface area contributed by atoms with E-state index >= 15 is 0 Å². The predicted octanol–water partition coefficient (Wildman–Crippen LogP) is 2.79. The Morgan fingerprint density at radius 2 is 2.00 bits per heavy atom. The Kier molecular flexibility index (Phi) is 7.02. The normalized spacial score (nSPS) is 10.8. The third-order valence-corrected chi connectivity index (χ3v) is 5.72. The van der Waals surface area contributed by atoms with Gasteiger partial charge < -0.3 is 15.4 Å². The number of rotatable bonds is 8. The van der Waals surface area contributed by atoms with Gasteiger partial charge in [-0.3, -0.25) is 19.0 Å². The monoisotopic (exact) mass is 432 g/mol. The lowest BCUT2D eigenvalue weighted by atomic mass is 10.2. The largest absolute Gasteiger partial charge is 0.383 e. The second-order valence-corrected chi connectivity index (χ2v) is 7.94. The number of carbonyl (C=O) groups is 2. The molecule has 0 radical (unpaired) electrons. The molecule has 2 aromatic heterocycles. The number of hydrogen-bond donors (Lipinski definition) is 2. The molecule has 8 nitrogen and oxygen atoms in total. The third-order valence-electron chi connectivity index (χ3n) is 3.85. The third kappa shape index (κ3) is 5.43. The Balaban J connectivity index is 1.72. The zero-order valence-corrected chi connectivity index (χ0v) is 17.6. The Hall–Kier alpha value is -2.69. The van der Waals surface area contributed by atoms with Crippen LogP contribution in [-0.4, -0.2) is 40.8 Å². The van der Waals surface area contributed by atoms with Crippen LogP contribution in [0.4, 0.5) is 11.4 Å². The highest BCUT2D eigenvalue weighted by Crippen LogP contribution is 2.21. The smallest absolute Gasteiger partial charge is 0.272 e. The summed E-state index contributed by atoms with van der Waals surface area (Å²) in [6.07, 6.45) is 0. The summed E-state index contributed by atoms with van der Waals surface area (Å²) in [6, 6.07) is 8.68. The fourth-order valence-electron chi connectivity index (χ4n) is 2.62. The number of ether oxygens (including phenoxy) is 1. The van der Waals surface area contributed by atoms with Crippen molar-refractivity contribution >= 4 is 56.5 Å². The zero-order valence-electron chi connectivity index (χ0n) is 15.9. The summed E-state index contributed by atoms with van der Waals surface area (Å²) < 4.78 is 7.22.